The second-order valence-electron chi connectivity index (χ2n) is 4.47. The van der Waals surface area contributed by atoms with E-state index in [0.717, 1.165) is 24.1 Å². The molecule has 0 bridgehead atoms. The summed E-state index contributed by atoms with van der Waals surface area (Å²) in [6, 6.07) is 11.7. The average Bonchev–Trinajstić information content (AvgIpc) is 2.48. The van der Waals surface area contributed by atoms with Crippen molar-refractivity contribution in [3.63, 3.8) is 0 Å². The molecule has 0 fully saturated rings. The maximum Gasteiger partial charge on any atom is 0.233 e. The summed E-state index contributed by atoms with van der Waals surface area (Å²) in [7, 11) is 1.57. The molecule has 0 spiro atoms. The molecule has 0 aliphatic heterocycles. The lowest BCUT2D eigenvalue weighted by Gasteiger charge is -2.11. The fourth-order valence-electron chi connectivity index (χ4n) is 1.96. The van der Waals surface area contributed by atoms with Crippen LogP contribution in [0.3, 0.4) is 0 Å². The third-order valence-electron chi connectivity index (χ3n) is 3.07. The Morgan fingerprint density at radius 1 is 1.11 bits per heavy atom. The third kappa shape index (κ3) is 3.29. The van der Waals surface area contributed by atoms with Gasteiger partial charge in [0.25, 0.3) is 0 Å². The zero-order valence-corrected chi connectivity index (χ0v) is 11.3. The summed E-state index contributed by atoms with van der Waals surface area (Å²) in [6.07, 6.45) is 2.24. The van der Waals surface area contributed by atoms with Crippen molar-refractivity contribution in [1.29, 1.82) is 0 Å². The van der Waals surface area contributed by atoms with E-state index in [1.807, 2.05) is 6.07 Å². The Labute approximate surface area is 113 Å². The number of nitrogens with two attached hydrogens (primary N) is 1. The molecule has 0 saturated carbocycles. The lowest BCUT2D eigenvalue weighted by molar-refractivity contribution is 0.390. The van der Waals surface area contributed by atoms with Gasteiger partial charge in [-0.05, 0) is 23.6 Å². The summed E-state index contributed by atoms with van der Waals surface area (Å²) in [5.41, 5.74) is 9.30. The largest absolute Gasteiger partial charge is 0.480 e. The molecular weight excluding hydrogens is 238 g/mol. The van der Waals surface area contributed by atoms with E-state index in [1.165, 1.54) is 5.56 Å². The number of aryl methyl sites for hydroxylation is 1. The van der Waals surface area contributed by atoms with Crippen LogP contribution in [-0.2, 0) is 6.42 Å². The average molecular weight is 257 g/mol. The number of ether oxygens (including phenoxy) is 1. The van der Waals surface area contributed by atoms with Gasteiger partial charge < -0.3 is 10.5 Å². The predicted octanol–water partition coefficient (Wildman–Crippen LogP) is 2.49. The molecule has 100 valence electrons. The van der Waals surface area contributed by atoms with E-state index in [9.17, 15) is 0 Å². The van der Waals surface area contributed by atoms with E-state index in [4.69, 9.17) is 10.5 Å². The van der Waals surface area contributed by atoms with Crippen molar-refractivity contribution in [3.05, 3.63) is 53.2 Å². The van der Waals surface area contributed by atoms with Crippen molar-refractivity contribution >= 4 is 0 Å². The SMILES string of the molecule is CCCc1ccc(C(N)c2ccc(OC)nn2)cc1. The molecule has 1 atom stereocenters. The van der Waals surface area contributed by atoms with E-state index in [1.54, 1.807) is 13.2 Å². The minimum absolute atomic E-state index is 0.255. The van der Waals surface area contributed by atoms with E-state index in [-0.39, 0.29) is 6.04 Å². The highest BCUT2D eigenvalue weighted by Gasteiger charge is 2.11. The number of nitrogens with zero attached hydrogens (tertiary/aromatic N) is 2. The summed E-state index contributed by atoms with van der Waals surface area (Å²) in [6.45, 7) is 2.17. The quantitative estimate of drug-likeness (QED) is 0.894. The second kappa shape index (κ2) is 6.29. The molecule has 4 nitrogen and oxygen atoms in total. The Morgan fingerprint density at radius 2 is 1.84 bits per heavy atom. The van der Waals surface area contributed by atoms with E-state index in [0.29, 0.717) is 5.88 Å². The van der Waals surface area contributed by atoms with Gasteiger partial charge in [-0.15, -0.1) is 10.2 Å². The normalized spacial score (nSPS) is 12.2. The molecule has 0 saturated heterocycles. The first kappa shape index (κ1) is 13.5. The maximum absolute atomic E-state index is 6.19. The highest BCUT2D eigenvalue weighted by molar-refractivity contribution is 5.30. The molecule has 0 radical (unpaired) electrons. The van der Waals surface area contributed by atoms with Crippen LogP contribution in [0.5, 0.6) is 5.88 Å². The minimum Gasteiger partial charge on any atom is -0.480 e. The number of hydrogen-bond donors (Lipinski definition) is 1. The van der Waals surface area contributed by atoms with Crippen molar-refractivity contribution in [2.24, 2.45) is 5.73 Å². The van der Waals surface area contributed by atoms with Crippen molar-refractivity contribution in [1.82, 2.24) is 10.2 Å². The molecule has 1 heterocycles. The highest BCUT2D eigenvalue weighted by Crippen LogP contribution is 2.19. The summed E-state index contributed by atoms with van der Waals surface area (Å²) in [5.74, 6) is 0.495. The number of benzene rings is 1. The lowest BCUT2D eigenvalue weighted by Crippen LogP contribution is -2.14. The standard InChI is InChI=1S/C15H19N3O/c1-3-4-11-5-7-12(8-6-11)15(16)13-9-10-14(19-2)18-17-13/h5-10,15H,3-4,16H2,1-2H3. The summed E-state index contributed by atoms with van der Waals surface area (Å²) in [4.78, 5) is 0. The fraction of sp³-hybridized carbons (Fsp3) is 0.333. The van der Waals surface area contributed by atoms with Gasteiger partial charge in [-0.1, -0.05) is 37.6 Å². The van der Waals surface area contributed by atoms with Gasteiger partial charge in [0, 0.05) is 6.07 Å². The first-order chi connectivity index (χ1) is 9.24. The lowest BCUT2D eigenvalue weighted by atomic mass is 10.0. The van der Waals surface area contributed by atoms with Crippen molar-refractivity contribution in [3.8, 4) is 5.88 Å². The van der Waals surface area contributed by atoms with Crippen molar-refractivity contribution in [2.45, 2.75) is 25.8 Å². The van der Waals surface area contributed by atoms with Crippen molar-refractivity contribution < 1.29 is 4.74 Å². The van der Waals surface area contributed by atoms with E-state index >= 15 is 0 Å². The topological polar surface area (TPSA) is 61.0 Å². The maximum atomic E-state index is 6.19. The minimum atomic E-state index is -0.255. The number of aromatic nitrogens is 2. The van der Waals surface area contributed by atoms with Gasteiger partial charge in [0.15, 0.2) is 0 Å². The number of methoxy groups -OCH3 is 1. The molecule has 0 aliphatic rings. The molecule has 19 heavy (non-hydrogen) atoms. The summed E-state index contributed by atoms with van der Waals surface area (Å²) in [5, 5.41) is 8.02. The molecule has 2 rings (SSSR count). The Morgan fingerprint density at radius 3 is 2.37 bits per heavy atom. The van der Waals surface area contributed by atoms with E-state index < -0.39 is 0 Å². The molecule has 2 aromatic rings. The predicted molar refractivity (Wildman–Crippen MR) is 75.1 cm³/mol. The van der Waals surface area contributed by atoms with Gasteiger partial charge in [-0.3, -0.25) is 0 Å². The van der Waals surface area contributed by atoms with Gasteiger partial charge in [0.1, 0.15) is 0 Å². The highest BCUT2D eigenvalue weighted by atomic mass is 16.5. The van der Waals surface area contributed by atoms with Gasteiger partial charge >= 0.3 is 0 Å². The van der Waals surface area contributed by atoms with Gasteiger partial charge in [-0.2, -0.15) is 0 Å². The zero-order valence-electron chi connectivity index (χ0n) is 11.3. The molecule has 2 N–H and O–H groups in total. The molecule has 1 aromatic carbocycles. The van der Waals surface area contributed by atoms with Gasteiger partial charge in [-0.25, -0.2) is 0 Å². The summed E-state index contributed by atoms with van der Waals surface area (Å²) < 4.78 is 4.98. The molecule has 1 unspecified atom stereocenters. The molecule has 0 amide bonds. The number of rotatable bonds is 5. The van der Waals surface area contributed by atoms with Crippen LogP contribution in [0.2, 0.25) is 0 Å². The van der Waals surface area contributed by atoms with Crippen LogP contribution < -0.4 is 10.5 Å². The Kier molecular flexibility index (Phi) is 4.47. The first-order valence-electron chi connectivity index (χ1n) is 6.46. The first-order valence-corrected chi connectivity index (χ1v) is 6.46. The molecule has 4 heteroatoms. The smallest absolute Gasteiger partial charge is 0.233 e. The van der Waals surface area contributed by atoms with Crippen LogP contribution in [-0.4, -0.2) is 17.3 Å². The molecular formula is C15H19N3O. The van der Waals surface area contributed by atoms with Crippen LogP contribution in [0.25, 0.3) is 0 Å². The van der Waals surface area contributed by atoms with Crippen LogP contribution >= 0.6 is 0 Å². The van der Waals surface area contributed by atoms with Crippen LogP contribution in [0.1, 0.15) is 36.2 Å². The number of hydrogen-bond acceptors (Lipinski definition) is 4. The monoisotopic (exact) mass is 257 g/mol. The van der Waals surface area contributed by atoms with E-state index in [2.05, 4.69) is 41.4 Å². The van der Waals surface area contributed by atoms with Gasteiger partial charge in [0.2, 0.25) is 5.88 Å². The third-order valence-corrected chi connectivity index (χ3v) is 3.07. The van der Waals surface area contributed by atoms with Gasteiger partial charge in [0.05, 0.1) is 18.8 Å². The Balaban J connectivity index is 2.15. The Bertz CT molecular complexity index is 508. The second-order valence-corrected chi connectivity index (χ2v) is 4.47. The Hall–Kier alpha value is -1.94. The van der Waals surface area contributed by atoms with Crippen LogP contribution in [0, 0.1) is 0 Å². The van der Waals surface area contributed by atoms with Crippen LogP contribution in [0.15, 0.2) is 36.4 Å². The molecule has 1 aromatic heterocycles. The molecule has 0 aliphatic carbocycles. The fourth-order valence-corrected chi connectivity index (χ4v) is 1.96. The zero-order chi connectivity index (χ0) is 13.7. The summed E-state index contributed by atoms with van der Waals surface area (Å²) >= 11 is 0. The van der Waals surface area contributed by atoms with Crippen LogP contribution in [0.4, 0.5) is 0 Å². The van der Waals surface area contributed by atoms with Crippen molar-refractivity contribution in [2.75, 3.05) is 7.11 Å².